The number of piperidine rings is 1. The van der Waals surface area contributed by atoms with E-state index < -0.39 is 5.97 Å². The molecule has 1 aliphatic heterocycles. The smallest absolute Gasteiger partial charge is 0.338 e. The summed E-state index contributed by atoms with van der Waals surface area (Å²) in [6.45, 7) is 1.96. The molecule has 0 atom stereocenters. The van der Waals surface area contributed by atoms with E-state index in [2.05, 4.69) is 16.9 Å². The van der Waals surface area contributed by atoms with Crippen molar-refractivity contribution in [2.75, 3.05) is 25.9 Å². The first-order valence-electron chi connectivity index (χ1n) is 5.90. The van der Waals surface area contributed by atoms with E-state index in [1.165, 1.54) is 12.3 Å². The fourth-order valence-corrected chi connectivity index (χ4v) is 1.97. The number of ether oxygens (including phenoxy) is 1. The number of hydrogen-bond donors (Lipinski definition) is 2. The maximum Gasteiger partial charge on any atom is 0.338 e. The van der Waals surface area contributed by atoms with E-state index in [0.29, 0.717) is 5.88 Å². The number of nitrogen functional groups attached to an aromatic ring is 1. The van der Waals surface area contributed by atoms with Gasteiger partial charge in [0.05, 0.1) is 17.4 Å². The van der Waals surface area contributed by atoms with Crippen molar-refractivity contribution in [3.05, 3.63) is 17.8 Å². The van der Waals surface area contributed by atoms with E-state index in [1.54, 1.807) is 0 Å². The van der Waals surface area contributed by atoms with Gasteiger partial charge in [-0.1, -0.05) is 0 Å². The van der Waals surface area contributed by atoms with E-state index in [0.717, 1.165) is 25.9 Å². The summed E-state index contributed by atoms with van der Waals surface area (Å²) in [5.41, 5.74) is 5.72. The Kier molecular flexibility index (Phi) is 3.66. The number of carboxylic acid groups (broad SMARTS) is 1. The molecule has 6 heteroatoms. The van der Waals surface area contributed by atoms with Crippen molar-refractivity contribution in [2.24, 2.45) is 0 Å². The molecule has 6 nitrogen and oxygen atoms in total. The number of likely N-dealkylation sites (tertiary alicyclic amines) is 1. The molecule has 0 amide bonds. The normalized spacial score (nSPS) is 17.6. The van der Waals surface area contributed by atoms with Gasteiger partial charge in [-0.2, -0.15) is 0 Å². The molecule has 1 fully saturated rings. The molecule has 0 spiro atoms. The first-order chi connectivity index (χ1) is 8.56. The molecule has 2 rings (SSSR count). The molecule has 0 bridgehead atoms. The Labute approximate surface area is 105 Å². The molecule has 0 radical (unpaired) electrons. The molecule has 1 aromatic rings. The fraction of sp³-hybridized carbons (Fsp3) is 0.500. The van der Waals surface area contributed by atoms with Crippen LogP contribution in [0.2, 0.25) is 0 Å². The molecule has 0 saturated carbocycles. The number of carbonyl (C=O) groups is 1. The topological polar surface area (TPSA) is 88.7 Å². The van der Waals surface area contributed by atoms with Crippen LogP contribution in [0.25, 0.3) is 0 Å². The minimum Gasteiger partial charge on any atom is -0.478 e. The summed E-state index contributed by atoms with van der Waals surface area (Å²) in [5.74, 6) is -0.737. The summed E-state index contributed by atoms with van der Waals surface area (Å²) in [5, 5.41) is 8.96. The van der Waals surface area contributed by atoms with E-state index in [1.807, 2.05) is 0 Å². The number of nitrogens with two attached hydrogens (primary N) is 1. The molecule has 98 valence electrons. The molecule has 0 unspecified atom stereocenters. The molecule has 18 heavy (non-hydrogen) atoms. The van der Waals surface area contributed by atoms with Crippen LogP contribution >= 0.6 is 0 Å². The quantitative estimate of drug-likeness (QED) is 0.827. The molecular weight excluding hydrogens is 234 g/mol. The number of aromatic carboxylic acids is 1. The van der Waals surface area contributed by atoms with Crippen LogP contribution in [0.4, 0.5) is 5.69 Å². The Bertz CT molecular complexity index is 442. The summed E-state index contributed by atoms with van der Waals surface area (Å²) in [4.78, 5) is 17.2. The molecule has 1 aliphatic rings. The zero-order valence-corrected chi connectivity index (χ0v) is 10.3. The van der Waals surface area contributed by atoms with Crippen molar-refractivity contribution < 1.29 is 14.6 Å². The van der Waals surface area contributed by atoms with Gasteiger partial charge < -0.3 is 20.5 Å². The Balaban J connectivity index is 2.05. The summed E-state index contributed by atoms with van der Waals surface area (Å²) in [6, 6.07) is 1.38. The molecule has 1 aromatic heterocycles. The second-order valence-corrected chi connectivity index (χ2v) is 4.54. The summed E-state index contributed by atoms with van der Waals surface area (Å²) in [6.07, 6.45) is 3.27. The highest BCUT2D eigenvalue weighted by atomic mass is 16.5. The summed E-state index contributed by atoms with van der Waals surface area (Å²) < 4.78 is 5.69. The highest BCUT2D eigenvalue weighted by molar-refractivity contribution is 5.93. The van der Waals surface area contributed by atoms with Crippen molar-refractivity contribution >= 4 is 11.7 Å². The van der Waals surface area contributed by atoms with Crippen LogP contribution in [0, 0.1) is 0 Å². The second kappa shape index (κ2) is 5.22. The fourth-order valence-electron chi connectivity index (χ4n) is 1.97. The van der Waals surface area contributed by atoms with Gasteiger partial charge in [-0.15, -0.1) is 0 Å². The third-order valence-corrected chi connectivity index (χ3v) is 3.09. The van der Waals surface area contributed by atoms with E-state index >= 15 is 0 Å². The van der Waals surface area contributed by atoms with E-state index in [4.69, 9.17) is 15.6 Å². The highest BCUT2D eigenvalue weighted by Crippen LogP contribution is 2.20. The summed E-state index contributed by atoms with van der Waals surface area (Å²) >= 11 is 0. The van der Waals surface area contributed by atoms with Crippen molar-refractivity contribution in [3.63, 3.8) is 0 Å². The Morgan fingerprint density at radius 2 is 2.22 bits per heavy atom. The highest BCUT2D eigenvalue weighted by Gasteiger charge is 2.19. The van der Waals surface area contributed by atoms with Crippen molar-refractivity contribution in [2.45, 2.75) is 18.9 Å². The average molecular weight is 251 g/mol. The lowest BCUT2D eigenvalue weighted by Gasteiger charge is -2.28. The third kappa shape index (κ3) is 2.89. The molecule has 0 aromatic carbocycles. The van der Waals surface area contributed by atoms with Crippen LogP contribution in [-0.2, 0) is 0 Å². The first kappa shape index (κ1) is 12.6. The maximum atomic E-state index is 10.9. The zero-order chi connectivity index (χ0) is 13.1. The predicted octanol–water partition coefficient (Wildman–Crippen LogP) is 0.835. The number of anilines is 1. The van der Waals surface area contributed by atoms with Gasteiger partial charge >= 0.3 is 5.97 Å². The van der Waals surface area contributed by atoms with Gasteiger partial charge in [-0.25, -0.2) is 9.78 Å². The lowest BCUT2D eigenvalue weighted by Crippen LogP contribution is -2.35. The number of carboxylic acids is 1. The number of nitrogens with zero attached hydrogens (tertiary/aromatic N) is 2. The van der Waals surface area contributed by atoms with Crippen LogP contribution in [0.5, 0.6) is 5.88 Å². The Morgan fingerprint density at radius 3 is 2.83 bits per heavy atom. The molecule has 3 N–H and O–H groups in total. The minimum atomic E-state index is -1.07. The van der Waals surface area contributed by atoms with E-state index in [-0.39, 0.29) is 17.4 Å². The molecular formula is C12H17N3O3. The summed E-state index contributed by atoms with van der Waals surface area (Å²) in [7, 11) is 2.07. The SMILES string of the molecule is CN1CCC(Oc2cc(C(=O)O)c(N)cn2)CC1. The molecule has 2 heterocycles. The van der Waals surface area contributed by atoms with Crippen LogP contribution in [0.3, 0.4) is 0 Å². The van der Waals surface area contributed by atoms with Gasteiger partial charge in [-0.05, 0) is 19.9 Å². The van der Waals surface area contributed by atoms with Crippen LogP contribution in [-0.4, -0.2) is 47.2 Å². The standard InChI is InChI=1S/C12H17N3O3/c1-15-4-2-8(3-5-15)18-11-6-9(12(16)17)10(13)7-14-11/h6-8H,2-5,13H2,1H3,(H,16,17). The Hall–Kier alpha value is -1.82. The Morgan fingerprint density at radius 1 is 1.56 bits per heavy atom. The van der Waals surface area contributed by atoms with Gasteiger partial charge in [0.1, 0.15) is 6.10 Å². The molecule has 0 aliphatic carbocycles. The minimum absolute atomic E-state index is 0.0351. The van der Waals surface area contributed by atoms with Crippen LogP contribution < -0.4 is 10.5 Å². The van der Waals surface area contributed by atoms with Crippen molar-refractivity contribution in [1.29, 1.82) is 0 Å². The number of rotatable bonds is 3. The predicted molar refractivity (Wildman–Crippen MR) is 66.8 cm³/mol. The largest absolute Gasteiger partial charge is 0.478 e. The first-order valence-corrected chi connectivity index (χ1v) is 5.90. The van der Waals surface area contributed by atoms with Crippen molar-refractivity contribution in [1.82, 2.24) is 9.88 Å². The van der Waals surface area contributed by atoms with Crippen molar-refractivity contribution in [3.8, 4) is 5.88 Å². The van der Waals surface area contributed by atoms with Crippen LogP contribution in [0.1, 0.15) is 23.2 Å². The number of pyridine rings is 1. The zero-order valence-electron chi connectivity index (χ0n) is 10.3. The number of hydrogen-bond acceptors (Lipinski definition) is 5. The van der Waals surface area contributed by atoms with Gasteiger partial charge in [-0.3, -0.25) is 0 Å². The lowest BCUT2D eigenvalue weighted by molar-refractivity contribution is 0.0695. The van der Waals surface area contributed by atoms with Gasteiger partial charge in [0, 0.05) is 19.2 Å². The lowest BCUT2D eigenvalue weighted by atomic mass is 10.1. The second-order valence-electron chi connectivity index (χ2n) is 4.54. The molecule has 1 saturated heterocycles. The van der Waals surface area contributed by atoms with Gasteiger partial charge in [0.25, 0.3) is 0 Å². The van der Waals surface area contributed by atoms with E-state index in [9.17, 15) is 4.79 Å². The maximum absolute atomic E-state index is 10.9. The average Bonchev–Trinajstić information content (AvgIpc) is 2.34. The monoisotopic (exact) mass is 251 g/mol. The number of aromatic nitrogens is 1. The third-order valence-electron chi connectivity index (χ3n) is 3.09. The van der Waals surface area contributed by atoms with Gasteiger partial charge in [0.2, 0.25) is 5.88 Å². The van der Waals surface area contributed by atoms with Crippen LogP contribution in [0.15, 0.2) is 12.3 Å². The van der Waals surface area contributed by atoms with Gasteiger partial charge in [0.15, 0.2) is 0 Å².